The van der Waals surface area contributed by atoms with Crippen LogP contribution in [0.2, 0.25) is 0 Å². The number of nitrogens with zero attached hydrogens (tertiary/aromatic N) is 1. The van der Waals surface area contributed by atoms with Crippen LogP contribution in [-0.2, 0) is 6.54 Å². The Morgan fingerprint density at radius 3 is 2.42 bits per heavy atom. The lowest BCUT2D eigenvalue weighted by Crippen LogP contribution is -2.25. The molecule has 0 saturated carbocycles. The summed E-state index contributed by atoms with van der Waals surface area (Å²) in [5.74, 6) is -0.648. The van der Waals surface area contributed by atoms with Crippen LogP contribution in [0.3, 0.4) is 0 Å². The third kappa shape index (κ3) is 3.35. The minimum atomic E-state index is -0.412. The summed E-state index contributed by atoms with van der Waals surface area (Å²) in [7, 11) is 1.62. The van der Waals surface area contributed by atoms with Gasteiger partial charge >= 0.3 is 0 Å². The van der Waals surface area contributed by atoms with Gasteiger partial charge in [-0.25, -0.2) is 8.78 Å². The van der Waals surface area contributed by atoms with E-state index in [0.717, 1.165) is 5.56 Å². The second-order valence-electron chi connectivity index (χ2n) is 5.43. The zero-order valence-electron chi connectivity index (χ0n) is 13.0. The van der Waals surface area contributed by atoms with Gasteiger partial charge in [0, 0.05) is 13.6 Å². The number of carbonyl (C=O) groups is 1. The fraction of sp³-hybridized carbons (Fsp3) is 0.105. The van der Waals surface area contributed by atoms with Gasteiger partial charge in [0.2, 0.25) is 0 Å². The number of rotatable bonds is 4. The van der Waals surface area contributed by atoms with Crippen molar-refractivity contribution < 1.29 is 18.0 Å². The molecule has 0 spiro atoms. The highest BCUT2D eigenvalue weighted by molar-refractivity contribution is 5.91. The summed E-state index contributed by atoms with van der Waals surface area (Å²) >= 11 is 0. The van der Waals surface area contributed by atoms with E-state index in [4.69, 9.17) is 4.42 Å². The number of hydrogen-bond acceptors (Lipinski definition) is 2. The van der Waals surface area contributed by atoms with E-state index in [9.17, 15) is 13.6 Å². The highest BCUT2D eigenvalue weighted by Crippen LogP contribution is 2.25. The molecule has 0 radical (unpaired) electrons. The number of amides is 1. The molecule has 3 nitrogen and oxygen atoms in total. The van der Waals surface area contributed by atoms with Crippen LogP contribution in [0.5, 0.6) is 0 Å². The molecule has 24 heavy (non-hydrogen) atoms. The third-order valence-electron chi connectivity index (χ3n) is 3.64. The average molecular weight is 327 g/mol. The van der Waals surface area contributed by atoms with Crippen LogP contribution in [-0.4, -0.2) is 17.9 Å². The molecule has 5 heteroatoms. The monoisotopic (exact) mass is 327 g/mol. The molecule has 0 atom stereocenters. The molecule has 1 heterocycles. The maximum atomic E-state index is 13.8. The van der Waals surface area contributed by atoms with Gasteiger partial charge in [0.25, 0.3) is 5.91 Å². The standard InChI is InChI=1S/C19H15F2NO2/c1-22(12-13-6-8-14(20)9-7-13)19(23)18-11-10-17(24-18)15-4-2-3-5-16(15)21/h2-11H,12H2,1H3. The largest absolute Gasteiger partial charge is 0.451 e. The van der Waals surface area contributed by atoms with Crippen molar-refractivity contribution in [1.82, 2.24) is 4.90 Å². The first-order valence-electron chi connectivity index (χ1n) is 7.39. The number of halogens is 2. The van der Waals surface area contributed by atoms with Crippen LogP contribution in [0.15, 0.2) is 65.1 Å². The van der Waals surface area contributed by atoms with Crippen molar-refractivity contribution in [3.05, 3.63) is 83.6 Å². The first kappa shape index (κ1) is 15.9. The molecule has 1 aromatic heterocycles. The molecule has 3 rings (SSSR count). The minimum Gasteiger partial charge on any atom is -0.451 e. The highest BCUT2D eigenvalue weighted by Gasteiger charge is 2.18. The Balaban J connectivity index is 1.76. The van der Waals surface area contributed by atoms with E-state index < -0.39 is 5.82 Å². The Bertz CT molecular complexity index is 856. The summed E-state index contributed by atoms with van der Waals surface area (Å²) in [5.41, 5.74) is 1.10. The fourth-order valence-electron chi connectivity index (χ4n) is 2.38. The van der Waals surface area contributed by atoms with Crippen molar-refractivity contribution in [2.75, 3.05) is 7.05 Å². The molecule has 0 bridgehead atoms. The first-order valence-corrected chi connectivity index (χ1v) is 7.39. The van der Waals surface area contributed by atoms with Gasteiger partial charge in [0.05, 0.1) is 5.56 Å². The molecule has 3 aromatic rings. The zero-order chi connectivity index (χ0) is 17.1. The summed E-state index contributed by atoms with van der Waals surface area (Å²) in [6.07, 6.45) is 0. The van der Waals surface area contributed by atoms with Crippen LogP contribution in [0.4, 0.5) is 8.78 Å². The number of carbonyl (C=O) groups excluding carboxylic acids is 1. The van der Waals surface area contributed by atoms with Crippen molar-refractivity contribution in [3.63, 3.8) is 0 Å². The molecule has 0 aliphatic carbocycles. The Labute approximate surface area is 138 Å². The summed E-state index contributed by atoms with van der Waals surface area (Å²) in [4.78, 5) is 13.9. The molecular formula is C19H15F2NO2. The molecule has 0 aliphatic heterocycles. The number of furan rings is 1. The van der Waals surface area contributed by atoms with E-state index in [2.05, 4.69) is 0 Å². The lowest BCUT2D eigenvalue weighted by atomic mass is 10.1. The number of benzene rings is 2. The van der Waals surface area contributed by atoms with Crippen LogP contribution in [0.25, 0.3) is 11.3 Å². The molecule has 122 valence electrons. The molecule has 0 saturated heterocycles. The van der Waals surface area contributed by atoms with Gasteiger partial charge in [-0.2, -0.15) is 0 Å². The van der Waals surface area contributed by atoms with Crippen molar-refractivity contribution in [1.29, 1.82) is 0 Å². The Hall–Kier alpha value is -2.95. The van der Waals surface area contributed by atoms with Gasteiger partial charge in [0.15, 0.2) is 5.76 Å². The molecular weight excluding hydrogens is 312 g/mol. The van der Waals surface area contributed by atoms with Crippen LogP contribution >= 0.6 is 0 Å². The maximum Gasteiger partial charge on any atom is 0.289 e. The molecule has 0 fully saturated rings. The average Bonchev–Trinajstić information content (AvgIpc) is 3.06. The van der Waals surface area contributed by atoms with Crippen molar-refractivity contribution >= 4 is 5.91 Å². The summed E-state index contributed by atoms with van der Waals surface area (Å²) in [5, 5.41) is 0. The summed E-state index contributed by atoms with van der Waals surface area (Å²) in [6, 6.07) is 15.2. The normalized spacial score (nSPS) is 10.6. The Morgan fingerprint density at radius 2 is 1.71 bits per heavy atom. The van der Waals surface area contributed by atoms with Gasteiger partial charge < -0.3 is 9.32 Å². The predicted octanol–water partition coefficient (Wildman–Crippen LogP) is 4.50. The van der Waals surface area contributed by atoms with Gasteiger partial charge in [-0.1, -0.05) is 24.3 Å². The Morgan fingerprint density at radius 1 is 1.00 bits per heavy atom. The maximum absolute atomic E-state index is 13.8. The minimum absolute atomic E-state index is 0.123. The third-order valence-corrected chi connectivity index (χ3v) is 3.64. The van der Waals surface area contributed by atoms with E-state index in [1.165, 1.54) is 29.2 Å². The second kappa shape index (κ2) is 6.66. The Kier molecular flexibility index (Phi) is 4.42. The van der Waals surface area contributed by atoms with E-state index in [1.807, 2.05) is 0 Å². The van der Waals surface area contributed by atoms with Crippen molar-refractivity contribution in [2.45, 2.75) is 6.54 Å². The predicted molar refractivity (Wildman–Crippen MR) is 86.3 cm³/mol. The zero-order valence-corrected chi connectivity index (χ0v) is 13.0. The second-order valence-corrected chi connectivity index (χ2v) is 5.43. The molecule has 1 amide bonds. The van der Waals surface area contributed by atoms with Crippen molar-refractivity contribution in [2.24, 2.45) is 0 Å². The molecule has 2 aromatic carbocycles. The molecule has 0 aliphatic rings. The lowest BCUT2D eigenvalue weighted by molar-refractivity contribution is 0.0754. The van der Waals surface area contributed by atoms with Gasteiger partial charge in [-0.15, -0.1) is 0 Å². The van der Waals surface area contributed by atoms with E-state index >= 15 is 0 Å². The molecule has 0 unspecified atom stereocenters. The van der Waals surface area contributed by atoms with Crippen molar-refractivity contribution in [3.8, 4) is 11.3 Å². The topological polar surface area (TPSA) is 33.5 Å². The van der Waals surface area contributed by atoms with Crippen LogP contribution < -0.4 is 0 Å². The smallest absolute Gasteiger partial charge is 0.289 e. The van der Waals surface area contributed by atoms with Gasteiger partial charge in [-0.05, 0) is 42.0 Å². The van der Waals surface area contributed by atoms with Gasteiger partial charge in [0.1, 0.15) is 17.4 Å². The SMILES string of the molecule is CN(Cc1ccc(F)cc1)C(=O)c1ccc(-c2ccccc2F)o1. The van der Waals surface area contributed by atoms with E-state index in [-0.39, 0.29) is 17.5 Å². The van der Waals surface area contributed by atoms with Gasteiger partial charge in [-0.3, -0.25) is 4.79 Å². The van der Waals surface area contributed by atoms with E-state index in [1.54, 1.807) is 43.4 Å². The summed E-state index contributed by atoms with van der Waals surface area (Å²) < 4.78 is 32.2. The van der Waals surface area contributed by atoms with E-state index in [0.29, 0.717) is 17.9 Å². The molecule has 0 N–H and O–H groups in total. The van der Waals surface area contributed by atoms with Crippen LogP contribution in [0, 0.1) is 11.6 Å². The first-order chi connectivity index (χ1) is 11.5. The lowest BCUT2D eigenvalue weighted by Gasteiger charge is -2.15. The fourth-order valence-corrected chi connectivity index (χ4v) is 2.38. The summed E-state index contributed by atoms with van der Waals surface area (Å²) in [6.45, 7) is 0.314. The quantitative estimate of drug-likeness (QED) is 0.707. The highest BCUT2D eigenvalue weighted by atomic mass is 19.1. The number of hydrogen-bond donors (Lipinski definition) is 0. The van der Waals surface area contributed by atoms with Crippen LogP contribution in [0.1, 0.15) is 16.1 Å².